The number of hydrogen-bond donors (Lipinski definition) is 2. The summed E-state index contributed by atoms with van der Waals surface area (Å²) in [6.45, 7) is 1.20. The van der Waals surface area contributed by atoms with E-state index in [0.29, 0.717) is 24.2 Å². The minimum Gasteiger partial charge on any atom is -0.478 e. The highest BCUT2D eigenvalue weighted by molar-refractivity contribution is 14.1. The van der Waals surface area contributed by atoms with Crippen LogP contribution in [0.3, 0.4) is 0 Å². The van der Waals surface area contributed by atoms with Crippen LogP contribution in [0.4, 0.5) is 17.6 Å². The van der Waals surface area contributed by atoms with Gasteiger partial charge in [-0.3, -0.25) is 4.79 Å². The van der Waals surface area contributed by atoms with Crippen molar-refractivity contribution in [3.63, 3.8) is 0 Å². The van der Waals surface area contributed by atoms with Crippen molar-refractivity contribution >= 4 is 57.1 Å². The number of carboxylic acid groups (broad SMARTS) is 1. The second-order valence-electron chi connectivity index (χ2n) is 8.07. The van der Waals surface area contributed by atoms with E-state index < -0.39 is 17.8 Å². The minimum atomic E-state index is -2.61. The molecule has 2 saturated heterocycles. The molecule has 1 amide bonds. The van der Waals surface area contributed by atoms with Gasteiger partial charge in [0.2, 0.25) is 0 Å². The number of piperidine rings is 2. The Kier molecular flexibility index (Phi) is 13.6. The smallest absolute Gasteiger partial charge is 0.335 e. The van der Waals surface area contributed by atoms with Crippen molar-refractivity contribution in [1.82, 2.24) is 10.2 Å². The molecule has 2 fully saturated rings. The number of amides is 1. The van der Waals surface area contributed by atoms with Crippen LogP contribution < -0.4 is 5.32 Å². The van der Waals surface area contributed by atoms with Crippen molar-refractivity contribution in [2.45, 2.75) is 45.0 Å². The quantitative estimate of drug-likeness (QED) is 0.263. The van der Waals surface area contributed by atoms with Crippen LogP contribution in [-0.4, -0.2) is 59.9 Å². The molecule has 0 bridgehead atoms. The normalized spacial score (nSPS) is 17.8. The van der Waals surface area contributed by atoms with Crippen molar-refractivity contribution in [1.29, 1.82) is 0 Å². The van der Waals surface area contributed by atoms with Crippen LogP contribution in [0, 0.1) is 7.14 Å². The van der Waals surface area contributed by atoms with Crippen LogP contribution in [0.15, 0.2) is 48.5 Å². The summed E-state index contributed by atoms with van der Waals surface area (Å²) in [6, 6.07) is 13.9. The van der Waals surface area contributed by atoms with Crippen LogP contribution in [0.1, 0.15) is 53.8 Å². The standard InChI is InChI=1S/C12H12F2INO.C7H5IO2.C5H9F2N.CH4/c13-12(14)5-7-16(8-6-12)11(17)9-1-3-10(15)4-2-9;8-6-3-1-5(2-4-6)7(9)10;6-5(7)1-3-8-4-2-5;/h1-4H,5-8H2;1-4H,(H,9,10);8H,1-4H2;1H4. The van der Waals surface area contributed by atoms with Crippen molar-refractivity contribution in [3.05, 3.63) is 66.8 Å². The number of carbonyl (C=O) groups is 2. The highest BCUT2D eigenvalue weighted by atomic mass is 127. The molecular weight excluding hydrogens is 706 g/mol. The molecule has 2 aromatic carbocycles. The number of aromatic carboxylic acids is 1. The average molecular weight is 736 g/mol. The molecule has 36 heavy (non-hydrogen) atoms. The van der Waals surface area contributed by atoms with Crippen LogP contribution in [0.25, 0.3) is 0 Å². The molecule has 2 aliphatic rings. The number of benzene rings is 2. The number of likely N-dealkylation sites (tertiary alicyclic amines) is 1. The molecule has 2 heterocycles. The Bertz CT molecular complexity index is 956. The van der Waals surface area contributed by atoms with Crippen LogP contribution in [-0.2, 0) is 0 Å². The molecular formula is C25H30F4I2N2O3. The molecule has 0 spiro atoms. The third kappa shape index (κ3) is 11.7. The van der Waals surface area contributed by atoms with E-state index in [9.17, 15) is 27.2 Å². The SMILES string of the molecule is C.FC1(F)CCNCC1.O=C(O)c1ccc(I)cc1.O=C(c1ccc(I)cc1)N1CCC(F)(F)CC1. The number of nitrogens with one attached hydrogen (secondary N) is 1. The zero-order chi connectivity index (χ0) is 26.1. The molecule has 0 atom stereocenters. The van der Waals surface area contributed by atoms with Gasteiger partial charge in [0.15, 0.2) is 0 Å². The van der Waals surface area contributed by atoms with E-state index in [1.54, 1.807) is 36.4 Å². The molecule has 2 aromatic rings. The molecule has 0 aliphatic carbocycles. The highest BCUT2D eigenvalue weighted by Gasteiger charge is 2.35. The summed E-state index contributed by atoms with van der Waals surface area (Å²) in [5, 5.41) is 11.3. The first-order chi connectivity index (χ1) is 16.4. The number of alkyl halides is 4. The number of carbonyl (C=O) groups excluding carboxylic acids is 1. The summed E-state index contributed by atoms with van der Waals surface area (Å²) in [5.41, 5.74) is 0.899. The maximum atomic E-state index is 13.0. The zero-order valence-electron chi connectivity index (χ0n) is 18.8. The van der Waals surface area contributed by atoms with E-state index in [4.69, 9.17) is 5.11 Å². The van der Waals surface area contributed by atoms with E-state index in [0.717, 1.165) is 7.14 Å². The van der Waals surface area contributed by atoms with Gasteiger partial charge in [-0.25, -0.2) is 22.4 Å². The maximum Gasteiger partial charge on any atom is 0.335 e. The molecule has 0 saturated carbocycles. The zero-order valence-corrected chi connectivity index (χ0v) is 23.1. The Morgan fingerprint density at radius 2 is 1.14 bits per heavy atom. The van der Waals surface area contributed by atoms with Crippen LogP contribution in [0.5, 0.6) is 0 Å². The third-order valence-corrected chi connectivity index (χ3v) is 6.74. The molecule has 0 radical (unpaired) electrons. The fourth-order valence-corrected chi connectivity index (χ4v) is 3.92. The Labute approximate surface area is 236 Å². The van der Waals surface area contributed by atoms with Crippen molar-refractivity contribution < 1.29 is 32.3 Å². The first kappa shape index (κ1) is 32.5. The second-order valence-corrected chi connectivity index (χ2v) is 10.6. The molecule has 200 valence electrons. The van der Waals surface area contributed by atoms with Gasteiger partial charge in [-0.1, -0.05) is 7.43 Å². The predicted molar refractivity (Wildman–Crippen MR) is 149 cm³/mol. The number of carboxylic acids is 1. The number of nitrogens with zero attached hydrogens (tertiary/aromatic N) is 1. The van der Waals surface area contributed by atoms with Crippen molar-refractivity contribution in [3.8, 4) is 0 Å². The first-order valence-electron chi connectivity index (χ1n) is 10.9. The summed E-state index contributed by atoms with van der Waals surface area (Å²) in [7, 11) is 0. The summed E-state index contributed by atoms with van der Waals surface area (Å²) < 4.78 is 52.3. The second kappa shape index (κ2) is 15.1. The molecule has 4 rings (SSSR count). The fraction of sp³-hybridized carbons (Fsp3) is 0.440. The molecule has 5 nitrogen and oxygen atoms in total. The Balaban J connectivity index is 0.000000291. The molecule has 0 aromatic heterocycles. The van der Waals surface area contributed by atoms with Gasteiger partial charge >= 0.3 is 5.97 Å². The van der Waals surface area contributed by atoms with E-state index in [-0.39, 0.29) is 52.1 Å². The van der Waals surface area contributed by atoms with E-state index >= 15 is 0 Å². The Morgan fingerprint density at radius 1 is 0.750 bits per heavy atom. The summed E-state index contributed by atoms with van der Waals surface area (Å²) in [5.74, 6) is -6.03. The lowest BCUT2D eigenvalue weighted by atomic mass is 10.1. The molecule has 2 N–H and O–H groups in total. The first-order valence-corrected chi connectivity index (χ1v) is 13.0. The van der Waals surface area contributed by atoms with Gasteiger partial charge in [-0.05, 0) is 93.7 Å². The average Bonchev–Trinajstić information content (AvgIpc) is 2.80. The topological polar surface area (TPSA) is 69.6 Å². The van der Waals surface area contributed by atoms with E-state index in [2.05, 4.69) is 50.5 Å². The van der Waals surface area contributed by atoms with Gasteiger partial charge in [-0.15, -0.1) is 0 Å². The lowest BCUT2D eigenvalue weighted by Crippen LogP contribution is -2.42. The highest BCUT2D eigenvalue weighted by Crippen LogP contribution is 2.28. The lowest BCUT2D eigenvalue weighted by Gasteiger charge is -2.31. The fourth-order valence-electron chi connectivity index (χ4n) is 3.20. The predicted octanol–water partition coefficient (Wildman–Crippen LogP) is 6.79. The number of rotatable bonds is 2. The van der Waals surface area contributed by atoms with Gasteiger partial charge in [-0.2, -0.15) is 0 Å². The maximum absolute atomic E-state index is 13.0. The molecule has 0 unspecified atom stereocenters. The van der Waals surface area contributed by atoms with Gasteiger partial charge < -0.3 is 15.3 Å². The minimum absolute atomic E-state index is 0. The third-order valence-electron chi connectivity index (χ3n) is 5.30. The van der Waals surface area contributed by atoms with E-state index in [1.165, 1.54) is 4.90 Å². The lowest BCUT2D eigenvalue weighted by molar-refractivity contribution is -0.0494. The van der Waals surface area contributed by atoms with Gasteiger partial charge in [0, 0.05) is 64.6 Å². The van der Waals surface area contributed by atoms with E-state index in [1.807, 2.05) is 12.1 Å². The van der Waals surface area contributed by atoms with Gasteiger partial charge in [0.1, 0.15) is 0 Å². The van der Waals surface area contributed by atoms with Crippen LogP contribution in [0.2, 0.25) is 0 Å². The Morgan fingerprint density at radius 3 is 1.50 bits per heavy atom. The molecule has 2 aliphatic heterocycles. The van der Waals surface area contributed by atoms with Crippen molar-refractivity contribution in [2.75, 3.05) is 26.2 Å². The van der Waals surface area contributed by atoms with Crippen LogP contribution >= 0.6 is 45.2 Å². The van der Waals surface area contributed by atoms with Crippen molar-refractivity contribution in [2.24, 2.45) is 0 Å². The summed E-state index contributed by atoms with van der Waals surface area (Å²) in [6.07, 6.45) is -0.452. The van der Waals surface area contributed by atoms with Gasteiger partial charge in [0.25, 0.3) is 17.8 Å². The van der Waals surface area contributed by atoms with Gasteiger partial charge in [0.05, 0.1) is 5.56 Å². The number of halogens is 6. The molecule has 11 heteroatoms. The monoisotopic (exact) mass is 736 g/mol. The summed E-state index contributed by atoms with van der Waals surface area (Å²) in [4.78, 5) is 23.8. The largest absolute Gasteiger partial charge is 0.478 e. The summed E-state index contributed by atoms with van der Waals surface area (Å²) >= 11 is 4.28. The Hall–Kier alpha value is -1.48. The number of hydrogen-bond acceptors (Lipinski definition) is 3.